The smallest absolute Gasteiger partial charge is 0.128 e. The van der Waals surface area contributed by atoms with E-state index in [9.17, 15) is 0 Å². The number of pyridine rings is 1. The van der Waals surface area contributed by atoms with Crippen molar-refractivity contribution in [3.05, 3.63) is 23.4 Å². The first-order valence-electron chi connectivity index (χ1n) is 5.19. The summed E-state index contributed by atoms with van der Waals surface area (Å²) in [7, 11) is 1.77. The number of aromatic nitrogens is 1. The van der Waals surface area contributed by atoms with Gasteiger partial charge in [-0.3, -0.25) is 0 Å². The lowest BCUT2D eigenvalue weighted by atomic mass is 10.1. The fourth-order valence-corrected chi connectivity index (χ4v) is 2.01. The third-order valence-corrected chi connectivity index (χ3v) is 2.97. The molecule has 0 amide bonds. The van der Waals surface area contributed by atoms with Crippen molar-refractivity contribution >= 4 is 17.4 Å². The zero-order valence-corrected chi connectivity index (χ0v) is 9.57. The standard InChI is InChI=1S/C11H15ClN2O/c1-15-10-3-2-6-14(8-10)11-5-4-9(12)7-13-11/h4-5,7,10H,2-3,6,8H2,1H3. The Bertz CT molecular complexity index is 315. The normalized spacial score (nSPS) is 21.7. The van der Waals surface area contributed by atoms with Gasteiger partial charge < -0.3 is 9.64 Å². The average molecular weight is 227 g/mol. The van der Waals surface area contributed by atoms with Crippen LogP contribution in [0.4, 0.5) is 5.82 Å². The van der Waals surface area contributed by atoms with Gasteiger partial charge in [0, 0.05) is 26.4 Å². The Balaban J connectivity index is 2.06. The Morgan fingerprint density at radius 2 is 2.40 bits per heavy atom. The molecule has 82 valence electrons. The molecule has 0 aromatic carbocycles. The van der Waals surface area contributed by atoms with Crippen LogP contribution in [0.2, 0.25) is 5.02 Å². The topological polar surface area (TPSA) is 25.4 Å². The molecular formula is C11H15ClN2O. The van der Waals surface area contributed by atoms with E-state index in [1.54, 1.807) is 13.3 Å². The molecule has 1 atom stereocenters. The van der Waals surface area contributed by atoms with Gasteiger partial charge in [-0.15, -0.1) is 0 Å². The van der Waals surface area contributed by atoms with Crippen molar-refractivity contribution in [2.75, 3.05) is 25.1 Å². The fourth-order valence-electron chi connectivity index (χ4n) is 1.89. The zero-order valence-electron chi connectivity index (χ0n) is 8.82. The van der Waals surface area contributed by atoms with Crippen molar-refractivity contribution in [2.45, 2.75) is 18.9 Å². The van der Waals surface area contributed by atoms with Crippen molar-refractivity contribution in [1.29, 1.82) is 0 Å². The summed E-state index contributed by atoms with van der Waals surface area (Å²) < 4.78 is 5.37. The molecule has 1 aliphatic rings. The number of piperidine rings is 1. The lowest BCUT2D eigenvalue weighted by molar-refractivity contribution is 0.0891. The molecule has 15 heavy (non-hydrogen) atoms. The van der Waals surface area contributed by atoms with Crippen LogP contribution in [0.25, 0.3) is 0 Å². The highest BCUT2D eigenvalue weighted by molar-refractivity contribution is 6.30. The van der Waals surface area contributed by atoms with Crippen LogP contribution < -0.4 is 4.90 Å². The predicted molar refractivity (Wildman–Crippen MR) is 61.5 cm³/mol. The van der Waals surface area contributed by atoms with Gasteiger partial charge in [0.05, 0.1) is 11.1 Å². The van der Waals surface area contributed by atoms with Crippen LogP contribution in [0.5, 0.6) is 0 Å². The molecule has 0 aliphatic carbocycles. The van der Waals surface area contributed by atoms with Gasteiger partial charge in [0.1, 0.15) is 5.82 Å². The molecule has 0 bridgehead atoms. The predicted octanol–water partition coefficient (Wildman–Crippen LogP) is 2.35. The molecule has 0 saturated carbocycles. The van der Waals surface area contributed by atoms with Gasteiger partial charge in [0.2, 0.25) is 0 Å². The van der Waals surface area contributed by atoms with Gasteiger partial charge in [-0.05, 0) is 25.0 Å². The average Bonchev–Trinajstić information content (AvgIpc) is 2.30. The molecule has 1 aliphatic heterocycles. The molecule has 0 spiro atoms. The SMILES string of the molecule is COC1CCCN(c2ccc(Cl)cn2)C1. The molecule has 2 rings (SSSR count). The highest BCUT2D eigenvalue weighted by Gasteiger charge is 2.20. The summed E-state index contributed by atoms with van der Waals surface area (Å²) in [6, 6.07) is 3.83. The Kier molecular flexibility index (Phi) is 3.44. The van der Waals surface area contributed by atoms with Gasteiger partial charge in [-0.1, -0.05) is 11.6 Å². The summed E-state index contributed by atoms with van der Waals surface area (Å²) in [4.78, 5) is 6.55. The molecule has 1 unspecified atom stereocenters. The summed E-state index contributed by atoms with van der Waals surface area (Å²) in [5.74, 6) is 0.987. The van der Waals surface area contributed by atoms with E-state index in [4.69, 9.17) is 16.3 Å². The van der Waals surface area contributed by atoms with Gasteiger partial charge in [-0.25, -0.2) is 4.98 Å². The van der Waals surface area contributed by atoms with Gasteiger partial charge in [0.15, 0.2) is 0 Å². The summed E-state index contributed by atoms with van der Waals surface area (Å²) >= 11 is 5.80. The van der Waals surface area contributed by atoms with E-state index in [1.165, 1.54) is 0 Å². The number of halogens is 1. The third kappa shape index (κ3) is 2.61. The molecule has 1 aromatic rings. The van der Waals surface area contributed by atoms with E-state index in [0.29, 0.717) is 11.1 Å². The lowest BCUT2D eigenvalue weighted by Crippen LogP contribution is -2.39. The summed E-state index contributed by atoms with van der Waals surface area (Å²) in [6.45, 7) is 1.97. The van der Waals surface area contributed by atoms with E-state index in [1.807, 2.05) is 12.1 Å². The van der Waals surface area contributed by atoms with Crippen LogP contribution >= 0.6 is 11.6 Å². The molecule has 0 radical (unpaired) electrons. The second-order valence-electron chi connectivity index (χ2n) is 3.78. The van der Waals surface area contributed by atoms with Crippen LogP contribution in [0.15, 0.2) is 18.3 Å². The Labute approximate surface area is 95.0 Å². The van der Waals surface area contributed by atoms with Crippen molar-refractivity contribution in [3.63, 3.8) is 0 Å². The number of rotatable bonds is 2. The summed E-state index contributed by atoms with van der Waals surface area (Å²) in [5.41, 5.74) is 0. The number of hydrogen-bond donors (Lipinski definition) is 0. The Hall–Kier alpha value is -0.800. The van der Waals surface area contributed by atoms with Gasteiger partial charge in [-0.2, -0.15) is 0 Å². The van der Waals surface area contributed by atoms with Crippen molar-refractivity contribution < 1.29 is 4.74 Å². The quantitative estimate of drug-likeness (QED) is 0.774. The second kappa shape index (κ2) is 4.81. The number of methoxy groups -OCH3 is 1. The Morgan fingerprint density at radius 1 is 1.53 bits per heavy atom. The molecule has 0 N–H and O–H groups in total. The molecule has 3 nitrogen and oxygen atoms in total. The fraction of sp³-hybridized carbons (Fsp3) is 0.545. The third-order valence-electron chi connectivity index (χ3n) is 2.75. The number of nitrogens with zero attached hydrogens (tertiary/aromatic N) is 2. The number of anilines is 1. The summed E-state index contributed by atoms with van der Waals surface area (Å²) in [6.07, 6.45) is 4.31. The first-order chi connectivity index (χ1) is 7.29. The van der Waals surface area contributed by atoms with E-state index >= 15 is 0 Å². The Morgan fingerprint density at radius 3 is 3.07 bits per heavy atom. The van der Waals surface area contributed by atoms with Crippen molar-refractivity contribution in [2.24, 2.45) is 0 Å². The maximum absolute atomic E-state index is 5.80. The van der Waals surface area contributed by atoms with E-state index in [2.05, 4.69) is 9.88 Å². The molecule has 1 fully saturated rings. The van der Waals surface area contributed by atoms with Crippen LogP contribution in [-0.2, 0) is 4.74 Å². The number of hydrogen-bond acceptors (Lipinski definition) is 3. The minimum atomic E-state index is 0.330. The van der Waals surface area contributed by atoms with Crippen LogP contribution in [0, 0.1) is 0 Å². The van der Waals surface area contributed by atoms with Gasteiger partial charge >= 0.3 is 0 Å². The highest BCUT2D eigenvalue weighted by atomic mass is 35.5. The van der Waals surface area contributed by atoms with E-state index in [0.717, 1.165) is 31.7 Å². The first kappa shape index (κ1) is 10.7. The minimum absolute atomic E-state index is 0.330. The van der Waals surface area contributed by atoms with Crippen molar-refractivity contribution in [1.82, 2.24) is 4.98 Å². The van der Waals surface area contributed by atoms with Crippen LogP contribution in [0.1, 0.15) is 12.8 Å². The maximum atomic E-state index is 5.80. The molecular weight excluding hydrogens is 212 g/mol. The molecule has 4 heteroatoms. The maximum Gasteiger partial charge on any atom is 0.128 e. The minimum Gasteiger partial charge on any atom is -0.380 e. The zero-order chi connectivity index (χ0) is 10.7. The number of ether oxygens (including phenoxy) is 1. The van der Waals surface area contributed by atoms with Crippen LogP contribution in [-0.4, -0.2) is 31.3 Å². The lowest BCUT2D eigenvalue weighted by Gasteiger charge is -2.32. The highest BCUT2D eigenvalue weighted by Crippen LogP contribution is 2.20. The van der Waals surface area contributed by atoms with Crippen molar-refractivity contribution in [3.8, 4) is 0 Å². The largest absolute Gasteiger partial charge is 0.380 e. The molecule has 1 saturated heterocycles. The van der Waals surface area contributed by atoms with Crippen LogP contribution in [0.3, 0.4) is 0 Å². The van der Waals surface area contributed by atoms with Gasteiger partial charge in [0.25, 0.3) is 0 Å². The monoisotopic (exact) mass is 226 g/mol. The van der Waals surface area contributed by atoms with E-state index in [-0.39, 0.29) is 0 Å². The second-order valence-corrected chi connectivity index (χ2v) is 4.22. The molecule has 2 heterocycles. The first-order valence-corrected chi connectivity index (χ1v) is 5.56. The van der Waals surface area contributed by atoms with E-state index < -0.39 is 0 Å². The summed E-state index contributed by atoms with van der Waals surface area (Å²) in [5, 5.41) is 0.680. The molecule has 1 aromatic heterocycles.